The lowest BCUT2D eigenvalue weighted by atomic mass is 10.1. The van der Waals surface area contributed by atoms with Gasteiger partial charge in [0.15, 0.2) is 5.96 Å². The molecule has 28 heavy (non-hydrogen) atoms. The van der Waals surface area contributed by atoms with Crippen LogP contribution < -0.4 is 10.2 Å². The summed E-state index contributed by atoms with van der Waals surface area (Å²) in [5.41, 5.74) is 3.67. The first-order valence-corrected chi connectivity index (χ1v) is 9.93. The molecule has 3 aromatic rings. The molecule has 1 aliphatic rings. The van der Waals surface area contributed by atoms with Gasteiger partial charge in [-0.05, 0) is 30.2 Å². The van der Waals surface area contributed by atoms with Crippen LogP contribution in [0.4, 0.5) is 5.69 Å². The van der Waals surface area contributed by atoms with Crippen LogP contribution in [-0.2, 0) is 6.42 Å². The van der Waals surface area contributed by atoms with Gasteiger partial charge in [-0.25, -0.2) is 0 Å². The number of rotatable bonds is 4. The number of nitrogens with zero attached hydrogens (tertiary/aromatic N) is 4. The summed E-state index contributed by atoms with van der Waals surface area (Å²) in [4.78, 5) is 13.8. The molecule has 0 radical (unpaired) electrons. The zero-order valence-electron chi connectivity index (χ0n) is 16.4. The first-order valence-electron chi connectivity index (χ1n) is 9.93. The fraction of sp³-hybridized carbons (Fsp3) is 0.304. The van der Waals surface area contributed by atoms with E-state index in [0.717, 1.165) is 50.6 Å². The van der Waals surface area contributed by atoms with Crippen molar-refractivity contribution in [3.8, 4) is 0 Å². The number of fused-ring (bicyclic) bond motifs is 1. The summed E-state index contributed by atoms with van der Waals surface area (Å²) in [6.07, 6.45) is 2.79. The summed E-state index contributed by atoms with van der Waals surface area (Å²) in [6.45, 7) is 4.83. The summed E-state index contributed by atoms with van der Waals surface area (Å²) in [7, 11) is 1.87. The van der Waals surface area contributed by atoms with E-state index in [4.69, 9.17) is 0 Å². The molecule has 1 N–H and O–H groups in total. The fourth-order valence-corrected chi connectivity index (χ4v) is 3.83. The third-order valence-corrected chi connectivity index (χ3v) is 5.31. The number of anilines is 1. The van der Waals surface area contributed by atoms with Crippen molar-refractivity contribution < 1.29 is 0 Å². The van der Waals surface area contributed by atoms with Crippen molar-refractivity contribution in [3.05, 3.63) is 72.4 Å². The second-order valence-electron chi connectivity index (χ2n) is 7.03. The highest BCUT2D eigenvalue weighted by atomic mass is 15.3. The second kappa shape index (κ2) is 8.74. The standard InChI is InChI=1S/C23H27N5/c1-24-23(28-17-15-27(16-18-28)21-10-3-2-4-11-21)26-14-12-20-8-5-7-19-9-6-13-25-22(19)20/h2-11,13H,12,14-18H2,1H3,(H,24,26). The number of hydrogen-bond acceptors (Lipinski definition) is 3. The average Bonchev–Trinajstić information content (AvgIpc) is 2.78. The largest absolute Gasteiger partial charge is 0.368 e. The highest BCUT2D eigenvalue weighted by Gasteiger charge is 2.19. The Morgan fingerprint density at radius 2 is 1.75 bits per heavy atom. The Kier molecular flexibility index (Phi) is 5.71. The van der Waals surface area contributed by atoms with Crippen molar-refractivity contribution >= 4 is 22.5 Å². The molecule has 2 heterocycles. The molecule has 0 unspecified atom stereocenters. The van der Waals surface area contributed by atoms with E-state index in [1.165, 1.54) is 16.6 Å². The lowest BCUT2D eigenvalue weighted by Gasteiger charge is -2.37. The highest BCUT2D eigenvalue weighted by Crippen LogP contribution is 2.17. The van der Waals surface area contributed by atoms with Gasteiger partial charge in [-0.2, -0.15) is 0 Å². The first kappa shape index (κ1) is 18.3. The van der Waals surface area contributed by atoms with Crippen LogP contribution in [0.1, 0.15) is 5.56 Å². The van der Waals surface area contributed by atoms with Gasteiger partial charge < -0.3 is 15.1 Å². The van der Waals surface area contributed by atoms with Crippen molar-refractivity contribution in [3.63, 3.8) is 0 Å². The van der Waals surface area contributed by atoms with E-state index in [1.807, 2.05) is 19.3 Å². The Morgan fingerprint density at radius 1 is 0.964 bits per heavy atom. The van der Waals surface area contributed by atoms with Gasteiger partial charge >= 0.3 is 0 Å². The number of para-hydroxylation sites is 2. The van der Waals surface area contributed by atoms with Gasteiger partial charge in [0.25, 0.3) is 0 Å². The minimum Gasteiger partial charge on any atom is -0.368 e. The zero-order valence-corrected chi connectivity index (χ0v) is 16.4. The molecule has 1 fully saturated rings. The monoisotopic (exact) mass is 373 g/mol. The molecule has 0 aliphatic carbocycles. The third-order valence-electron chi connectivity index (χ3n) is 5.31. The Morgan fingerprint density at radius 3 is 2.54 bits per heavy atom. The van der Waals surface area contributed by atoms with E-state index < -0.39 is 0 Å². The molecule has 1 aromatic heterocycles. The Balaban J connectivity index is 1.32. The topological polar surface area (TPSA) is 43.8 Å². The number of nitrogens with one attached hydrogen (secondary N) is 1. The van der Waals surface area contributed by atoms with Crippen LogP contribution in [0.15, 0.2) is 71.9 Å². The number of guanidine groups is 1. The maximum absolute atomic E-state index is 4.55. The van der Waals surface area contributed by atoms with Gasteiger partial charge in [0.05, 0.1) is 5.52 Å². The number of benzene rings is 2. The minimum absolute atomic E-state index is 0.848. The summed E-state index contributed by atoms with van der Waals surface area (Å²) >= 11 is 0. The van der Waals surface area contributed by atoms with Crippen LogP contribution in [0.3, 0.4) is 0 Å². The molecular formula is C23H27N5. The van der Waals surface area contributed by atoms with Gasteiger partial charge in [0.1, 0.15) is 0 Å². The number of aromatic nitrogens is 1. The summed E-state index contributed by atoms with van der Waals surface area (Å²) in [5, 5.41) is 4.73. The van der Waals surface area contributed by atoms with Crippen molar-refractivity contribution in [2.45, 2.75) is 6.42 Å². The molecule has 5 nitrogen and oxygen atoms in total. The van der Waals surface area contributed by atoms with E-state index >= 15 is 0 Å². The highest BCUT2D eigenvalue weighted by molar-refractivity contribution is 5.82. The maximum atomic E-state index is 4.55. The molecular weight excluding hydrogens is 346 g/mol. The molecule has 0 amide bonds. The molecule has 0 bridgehead atoms. The normalized spacial score (nSPS) is 15.1. The molecule has 0 spiro atoms. The first-order chi connectivity index (χ1) is 13.8. The smallest absolute Gasteiger partial charge is 0.193 e. The lowest BCUT2D eigenvalue weighted by molar-refractivity contribution is 0.373. The predicted molar refractivity (Wildman–Crippen MR) is 117 cm³/mol. The van der Waals surface area contributed by atoms with Gasteiger partial charge in [-0.3, -0.25) is 9.98 Å². The van der Waals surface area contributed by atoms with Crippen LogP contribution in [-0.4, -0.2) is 55.6 Å². The molecule has 4 rings (SSSR count). The van der Waals surface area contributed by atoms with E-state index in [0.29, 0.717) is 0 Å². The number of piperazine rings is 1. The average molecular weight is 374 g/mol. The van der Waals surface area contributed by atoms with Crippen molar-refractivity contribution in [2.24, 2.45) is 4.99 Å². The SMILES string of the molecule is CN=C(NCCc1cccc2cccnc12)N1CCN(c2ccccc2)CC1. The summed E-state index contributed by atoms with van der Waals surface area (Å²) in [6, 6.07) is 21.1. The lowest BCUT2D eigenvalue weighted by Crippen LogP contribution is -2.52. The third kappa shape index (κ3) is 4.09. The quantitative estimate of drug-likeness (QED) is 0.564. The van der Waals surface area contributed by atoms with Gasteiger partial charge in [-0.1, -0.05) is 42.5 Å². The van der Waals surface area contributed by atoms with Crippen LogP contribution in [0.5, 0.6) is 0 Å². The van der Waals surface area contributed by atoms with Crippen LogP contribution >= 0.6 is 0 Å². The Bertz CT molecular complexity index is 925. The number of hydrogen-bond donors (Lipinski definition) is 1. The number of pyridine rings is 1. The summed E-state index contributed by atoms with van der Waals surface area (Å²) < 4.78 is 0. The molecule has 144 valence electrons. The van der Waals surface area contributed by atoms with Crippen LogP contribution in [0, 0.1) is 0 Å². The Labute approximate surface area is 166 Å². The maximum Gasteiger partial charge on any atom is 0.193 e. The number of aliphatic imine (C=N–C) groups is 1. The van der Waals surface area contributed by atoms with Crippen LogP contribution in [0.2, 0.25) is 0 Å². The molecule has 1 aliphatic heterocycles. The van der Waals surface area contributed by atoms with E-state index in [1.54, 1.807) is 0 Å². The molecule has 1 saturated heterocycles. The van der Waals surface area contributed by atoms with Crippen molar-refractivity contribution in [2.75, 3.05) is 44.7 Å². The van der Waals surface area contributed by atoms with Gasteiger partial charge in [-0.15, -0.1) is 0 Å². The van der Waals surface area contributed by atoms with Gasteiger partial charge in [0.2, 0.25) is 0 Å². The molecule has 5 heteroatoms. The van der Waals surface area contributed by atoms with Gasteiger partial charge in [0, 0.05) is 57.0 Å². The predicted octanol–water partition coefficient (Wildman–Crippen LogP) is 3.17. The molecule has 2 aromatic carbocycles. The van der Waals surface area contributed by atoms with E-state index in [9.17, 15) is 0 Å². The van der Waals surface area contributed by atoms with Crippen LogP contribution in [0.25, 0.3) is 10.9 Å². The molecule has 0 atom stereocenters. The Hall–Kier alpha value is -3.08. The van der Waals surface area contributed by atoms with E-state index in [-0.39, 0.29) is 0 Å². The van der Waals surface area contributed by atoms with Crippen molar-refractivity contribution in [1.29, 1.82) is 0 Å². The van der Waals surface area contributed by atoms with E-state index in [2.05, 4.69) is 79.7 Å². The zero-order chi connectivity index (χ0) is 19.2. The minimum atomic E-state index is 0.848. The second-order valence-corrected chi connectivity index (χ2v) is 7.03. The molecule has 0 saturated carbocycles. The fourth-order valence-electron chi connectivity index (χ4n) is 3.83. The van der Waals surface area contributed by atoms with Crippen molar-refractivity contribution in [1.82, 2.24) is 15.2 Å². The summed E-state index contributed by atoms with van der Waals surface area (Å²) in [5.74, 6) is 0.987.